The van der Waals surface area contributed by atoms with Crippen LogP contribution in [-0.4, -0.2) is 86.9 Å². The molecule has 262 valence electrons. The minimum absolute atomic E-state index is 0.0417. The highest BCUT2D eigenvalue weighted by molar-refractivity contribution is 6.23. The second-order valence-electron chi connectivity index (χ2n) is 13.5. The van der Waals surface area contributed by atoms with Gasteiger partial charge < -0.3 is 14.7 Å². The number of nitrogens with one attached hydrogen (secondary N) is 1. The van der Waals surface area contributed by atoms with Crippen LogP contribution >= 0.6 is 0 Å². The van der Waals surface area contributed by atoms with Gasteiger partial charge in [-0.05, 0) is 79.4 Å². The maximum Gasteiger partial charge on any atom is 0.262 e. The Bertz CT molecular complexity index is 2280. The molecule has 52 heavy (non-hydrogen) atoms. The molecule has 0 aliphatic carbocycles. The summed E-state index contributed by atoms with van der Waals surface area (Å²) in [6, 6.07) is 20.9. The van der Waals surface area contributed by atoms with Gasteiger partial charge in [0.15, 0.2) is 5.65 Å². The molecule has 2 aromatic carbocycles. The summed E-state index contributed by atoms with van der Waals surface area (Å²) in [4.78, 5) is 67.8. The van der Waals surface area contributed by atoms with Crippen LogP contribution in [0.5, 0.6) is 0 Å². The summed E-state index contributed by atoms with van der Waals surface area (Å²) < 4.78 is 15.9. The van der Waals surface area contributed by atoms with Crippen molar-refractivity contribution in [3.63, 3.8) is 0 Å². The van der Waals surface area contributed by atoms with Gasteiger partial charge in [0.2, 0.25) is 11.8 Å². The molecule has 0 spiro atoms. The predicted octanol–water partition coefficient (Wildman–Crippen LogP) is 4.00. The van der Waals surface area contributed by atoms with Crippen molar-refractivity contribution in [2.45, 2.75) is 37.8 Å². The first kappa shape index (κ1) is 31.8. The molecule has 3 fully saturated rings. The van der Waals surface area contributed by atoms with Crippen LogP contribution in [-0.2, 0) is 9.59 Å². The van der Waals surface area contributed by atoms with Gasteiger partial charge in [0.05, 0.1) is 29.1 Å². The lowest BCUT2D eigenvalue weighted by Crippen LogP contribution is -2.54. The number of piperidine rings is 1. The molecule has 3 aromatic heterocycles. The Balaban J connectivity index is 0.906. The number of anilines is 3. The Hall–Kier alpha value is -6.18. The SMILES string of the molecule is O=C1CCC(N2C(=O)c3ccc(N4CCN(c5cccc(-c6cnc7ccc(N8CCC[C@@H]8c8cccc(F)c8)nn67)n5)CC4)cc3C2=O)C(=O)N1. The quantitative estimate of drug-likeness (QED) is 0.259. The van der Waals surface area contributed by atoms with E-state index in [-0.39, 0.29) is 35.8 Å². The summed E-state index contributed by atoms with van der Waals surface area (Å²) in [6.45, 7) is 3.49. The molecule has 0 bridgehead atoms. The van der Waals surface area contributed by atoms with Crippen LogP contribution in [0.3, 0.4) is 0 Å². The maximum absolute atomic E-state index is 14.1. The molecule has 14 heteroatoms. The molecule has 4 amide bonds. The lowest BCUT2D eigenvalue weighted by Gasteiger charge is -2.37. The van der Waals surface area contributed by atoms with E-state index in [0.717, 1.165) is 58.6 Å². The number of imidazole rings is 1. The zero-order valence-corrected chi connectivity index (χ0v) is 28.1. The van der Waals surface area contributed by atoms with Gasteiger partial charge in [0.1, 0.15) is 29.2 Å². The summed E-state index contributed by atoms with van der Waals surface area (Å²) in [5.41, 5.74) is 4.50. The van der Waals surface area contributed by atoms with Gasteiger partial charge in [-0.3, -0.25) is 29.4 Å². The third-order valence-corrected chi connectivity index (χ3v) is 10.5. The van der Waals surface area contributed by atoms with Crippen LogP contribution < -0.4 is 20.0 Å². The molecule has 0 radical (unpaired) electrons. The van der Waals surface area contributed by atoms with E-state index in [4.69, 9.17) is 10.1 Å². The number of hydrogen-bond donors (Lipinski definition) is 1. The number of halogens is 1. The zero-order valence-electron chi connectivity index (χ0n) is 28.1. The Morgan fingerprint density at radius 3 is 2.38 bits per heavy atom. The number of imide groups is 2. The molecule has 1 unspecified atom stereocenters. The van der Waals surface area contributed by atoms with Crippen molar-refractivity contribution in [1.29, 1.82) is 0 Å². The van der Waals surface area contributed by atoms with Gasteiger partial charge in [-0.2, -0.15) is 0 Å². The van der Waals surface area contributed by atoms with E-state index in [2.05, 4.69) is 25.0 Å². The van der Waals surface area contributed by atoms with Gasteiger partial charge in [-0.15, -0.1) is 5.10 Å². The number of hydrogen-bond acceptors (Lipinski definition) is 10. The second-order valence-corrected chi connectivity index (χ2v) is 13.5. The van der Waals surface area contributed by atoms with E-state index in [1.807, 2.05) is 47.0 Å². The molecule has 2 atom stereocenters. The monoisotopic (exact) mass is 699 g/mol. The van der Waals surface area contributed by atoms with E-state index in [1.165, 1.54) is 6.07 Å². The van der Waals surface area contributed by atoms with Crippen molar-refractivity contribution in [3.05, 3.63) is 102 Å². The van der Waals surface area contributed by atoms with E-state index in [9.17, 15) is 23.6 Å². The zero-order chi connectivity index (χ0) is 35.5. The van der Waals surface area contributed by atoms with Gasteiger partial charge in [0, 0.05) is 44.8 Å². The van der Waals surface area contributed by atoms with E-state index >= 15 is 0 Å². The number of amides is 4. The summed E-state index contributed by atoms with van der Waals surface area (Å²) in [5, 5.41) is 7.23. The number of pyridine rings is 1. The molecular formula is C38H34FN9O4. The second kappa shape index (κ2) is 12.5. The van der Waals surface area contributed by atoms with Crippen molar-refractivity contribution < 1.29 is 23.6 Å². The highest BCUT2D eigenvalue weighted by Crippen LogP contribution is 2.36. The molecule has 0 saturated carbocycles. The summed E-state index contributed by atoms with van der Waals surface area (Å²) in [7, 11) is 0. The normalized spacial score (nSPS) is 20.6. The van der Waals surface area contributed by atoms with Crippen molar-refractivity contribution in [2.75, 3.05) is 47.4 Å². The number of piperazine rings is 1. The van der Waals surface area contributed by atoms with Crippen molar-refractivity contribution in [1.82, 2.24) is 29.8 Å². The first-order chi connectivity index (χ1) is 25.3. The van der Waals surface area contributed by atoms with Crippen LogP contribution in [0.1, 0.15) is 58.0 Å². The van der Waals surface area contributed by atoms with Crippen LogP contribution in [0.25, 0.3) is 17.0 Å². The third-order valence-electron chi connectivity index (χ3n) is 10.5. The fourth-order valence-electron chi connectivity index (χ4n) is 7.88. The van der Waals surface area contributed by atoms with Crippen molar-refractivity contribution in [2.24, 2.45) is 0 Å². The Morgan fingerprint density at radius 1 is 0.750 bits per heavy atom. The average Bonchev–Trinajstić information content (AvgIpc) is 3.88. The summed E-state index contributed by atoms with van der Waals surface area (Å²) >= 11 is 0. The average molecular weight is 700 g/mol. The molecule has 13 nitrogen and oxygen atoms in total. The van der Waals surface area contributed by atoms with Crippen LogP contribution in [0.2, 0.25) is 0 Å². The van der Waals surface area contributed by atoms with Gasteiger partial charge in [-0.25, -0.2) is 18.9 Å². The van der Waals surface area contributed by atoms with Crippen LogP contribution in [0.15, 0.2) is 79.0 Å². The van der Waals surface area contributed by atoms with Gasteiger partial charge in [0.25, 0.3) is 11.8 Å². The maximum atomic E-state index is 14.1. The molecule has 4 aliphatic heterocycles. The lowest BCUT2D eigenvalue weighted by molar-refractivity contribution is -0.136. The van der Waals surface area contributed by atoms with E-state index < -0.39 is 29.7 Å². The smallest absolute Gasteiger partial charge is 0.262 e. The fourth-order valence-corrected chi connectivity index (χ4v) is 7.88. The largest absolute Gasteiger partial charge is 0.368 e. The molecule has 5 aromatic rings. The fraction of sp³-hybridized carbons (Fsp3) is 0.289. The number of aromatic nitrogens is 4. The standard InChI is InChI=1S/C38H34FN9O4/c39-24-5-1-4-23(20-24)29-7-3-15-46(29)34-13-12-32-40-22-31(48(32)43-34)28-6-2-8-33(41-28)45-18-16-44(17-19-45)25-9-10-26-27(21-25)38(52)47(37(26)51)30-11-14-35(49)42-36(30)50/h1-2,4-6,8-10,12-13,20-22,29-30H,3,7,11,14-19H2,(H,42,49,50)/t29-,30?/m1/s1. The van der Waals surface area contributed by atoms with E-state index in [1.54, 1.807) is 30.5 Å². The van der Waals surface area contributed by atoms with Gasteiger partial charge in [-0.1, -0.05) is 18.2 Å². The molecular weight excluding hydrogens is 665 g/mol. The Morgan fingerprint density at radius 2 is 1.56 bits per heavy atom. The van der Waals surface area contributed by atoms with Crippen molar-refractivity contribution in [3.8, 4) is 11.4 Å². The minimum Gasteiger partial charge on any atom is -0.368 e. The van der Waals surface area contributed by atoms with Gasteiger partial charge >= 0.3 is 0 Å². The molecule has 3 saturated heterocycles. The number of rotatable bonds is 6. The molecule has 7 heterocycles. The number of benzene rings is 2. The lowest BCUT2D eigenvalue weighted by atomic mass is 10.0. The Kier molecular flexibility index (Phi) is 7.67. The van der Waals surface area contributed by atoms with E-state index in [0.29, 0.717) is 31.8 Å². The predicted molar refractivity (Wildman–Crippen MR) is 189 cm³/mol. The highest BCUT2D eigenvalue weighted by Gasteiger charge is 2.45. The first-order valence-electron chi connectivity index (χ1n) is 17.5. The number of nitrogens with zero attached hydrogens (tertiary/aromatic N) is 8. The summed E-state index contributed by atoms with van der Waals surface area (Å²) in [5.74, 6) is -0.682. The number of fused-ring (bicyclic) bond motifs is 2. The molecule has 9 rings (SSSR count). The summed E-state index contributed by atoms with van der Waals surface area (Å²) in [6.07, 6.45) is 3.89. The number of carbonyl (C=O) groups is 4. The van der Waals surface area contributed by atoms with Crippen LogP contribution in [0, 0.1) is 5.82 Å². The molecule has 1 N–H and O–H groups in total. The third kappa shape index (κ3) is 5.41. The van der Waals surface area contributed by atoms with Crippen molar-refractivity contribution >= 4 is 46.6 Å². The Labute approximate surface area is 297 Å². The first-order valence-corrected chi connectivity index (χ1v) is 17.5. The minimum atomic E-state index is -0.997. The molecule has 4 aliphatic rings. The van der Waals surface area contributed by atoms with Crippen LogP contribution in [0.4, 0.5) is 21.7 Å². The topological polar surface area (TPSA) is 136 Å². The highest BCUT2D eigenvalue weighted by atomic mass is 19.1. The number of carbonyl (C=O) groups excluding carboxylic acids is 4.